The Morgan fingerprint density at radius 1 is 1.28 bits per heavy atom. The predicted octanol–water partition coefficient (Wildman–Crippen LogP) is 5.25. The molecule has 174 valence electrons. The topological polar surface area (TPSA) is 59.8 Å². The van der Waals surface area contributed by atoms with Crippen LogP contribution in [0.4, 0.5) is 10.5 Å². The Bertz CT molecular complexity index is 972. The quantitative estimate of drug-likeness (QED) is 0.614. The van der Waals surface area contributed by atoms with Gasteiger partial charge in [0.2, 0.25) is 0 Å². The highest BCUT2D eigenvalue weighted by Gasteiger charge is 2.29. The van der Waals surface area contributed by atoms with Gasteiger partial charge in [0.15, 0.2) is 0 Å². The van der Waals surface area contributed by atoms with Gasteiger partial charge in [-0.1, -0.05) is 0 Å². The molecular weight excluding hydrogens is 404 g/mol. The van der Waals surface area contributed by atoms with Crippen LogP contribution < -0.4 is 9.64 Å². The van der Waals surface area contributed by atoms with Gasteiger partial charge in [0, 0.05) is 50.1 Å². The van der Waals surface area contributed by atoms with E-state index in [0.29, 0.717) is 19.1 Å². The van der Waals surface area contributed by atoms with E-state index in [4.69, 9.17) is 14.6 Å². The van der Waals surface area contributed by atoms with E-state index in [9.17, 15) is 4.79 Å². The molecule has 1 fully saturated rings. The number of carbonyl (C=O) groups excluding carboxylic acids is 1. The maximum absolute atomic E-state index is 12.4. The second kappa shape index (κ2) is 8.68. The lowest BCUT2D eigenvalue weighted by atomic mass is 9.93. The average Bonchev–Trinajstić information content (AvgIpc) is 3.05. The van der Waals surface area contributed by atoms with Crippen molar-refractivity contribution in [1.29, 1.82) is 0 Å². The molecule has 0 spiro atoms. The number of benzene rings is 1. The van der Waals surface area contributed by atoms with E-state index in [1.807, 2.05) is 40.7 Å². The van der Waals surface area contributed by atoms with Gasteiger partial charge in [0.1, 0.15) is 11.4 Å². The third-order valence-corrected chi connectivity index (χ3v) is 5.97. The molecule has 2 aromatic rings. The van der Waals surface area contributed by atoms with Crippen molar-refractivity contribution in [3.05, 3.63) is 30.0 Å². The zero-order chi connectivity index (χ0) is 23.0. The van der Waals surface area contributed by atoms with E-state index < -0.39 is 5.60 Å². The van der Waals surface area contributed by atoms with Crippen LogP contribution >= 0.6 is 0 Å². The maximum atomic E-state index is 12.4. The fourth-order valence-electron chi connectivity index (χ4n) is 4.12. The molecule has 4 rings (SSSR count). The van der Waals surface area contributed by atoms with Crippen LogP contribution in [0.5, 0.6) is 5.75 Å². The fraction of sp³-hybridized carbons (Fsp3) is 0.600. The summed E-state index contributed by atoms with van der Waals surface area (Å²) in [6.07, 6.45) is 5.72. The van der Waals surface area contributed by atoms with Crippen molar-refractivity contribution in [2.75, 3.05) is 25.0 Å². The molecule has 2 aliphatic rings. The van der Waals surface area contributed by atoms with Crippen LogP contribution in [-0.2, 0) is 11.3 Å². The van der Waals surface area contributed by atoms with Gasteiger partial charge in [-0.05, 0) is 66.0 Å². The Morgan fingerprint density at radius 2 is 2.03 bits per heavy atom. The molecule has 7 nitrogen and oxygen atoms in total. The third-order valence-electron chi connectivity index (χ3n) is 5.97. The Labute approximate surface area is 191 Å². The highest BCUT2D eigenvalue weighted by molar-refractivity contribution is 5.82. The maximum Gasteiger partial charge on any atom is 0.410 e. The molecule has 1 aromatic carbocycles. The molecule has 0 bridgehead atoms. The SMILES string of the molecule is CC(C)Oc1ccc2c(c1)N(CCN(C)C(=O)OC(C)(C)C)Cc1cn(C3CCC3)nc1-2. The zero-order valence-electron chi connectivity index (χ0n) is 20.2. The first-order valence-electron chi connectivity index (χ1n) is 11.7. The number of carbonyl (C=O) groups is 1. The highest BCUT2D eigenvalue weighted by Crippen LogP contribution is 2.42. The van der Waals surface area contributed by atoms with Gasteiger partial charge in [-0.15, -0.1) is 0 Å². The van der Waals surface area contributed by atoms with Crippen LogP contribution in [-0.4, -0.2) is 52.6 Å². The van der Waals surface area contributed by atoms with E-state index in [1.54, 1.807) is 11.9 Å². The molecule has 1 aliphatic carbocycles. The monoisotopic (exact) mass is 440 g/mol. The Hall–Kier alpha value is -2.70. The summed E-state index contributed by atoms with van der Waals surface area (Å²) < 4.78 is 13.6. The van der Waals surface area contributed by atoms with Crippen LogP contribution in [0.25, 0.3) is 11.3 Å². The summed E-state index contributed by atoms with van der Waals surface area (Å²) >= 11 is 0. The number of fused-ring (bicyclic) bond motifs is 3. The number of nitrogens with zero attached hydrogens (tertiary/aromatic N) is 4. The number of ether oxygens (including phenoxy) is 2. The standard InChI is InChI=1S/C25H36N4O3/c1-17(2)31-20-10-11-21-22(14-20)28(13-12-27(6)24(30)32-25(3,4)5)15-18-16-29(26-23(18)21)19-8-7-9-19/h10-11,14,16-17,19H,7-9,12-13,15H2,1-6H3. The van der Waals surface area contributed by atoms with Gasteiger partial charge in [-0.2, -0.15) is 5.10 Å². The molecule has 0 atom stereocenters. The molecule has 0 unspecified atom stereocenters. The number of amides is 1. The first-order chi connectivity index (χ1) is 15.1. The minimum Gasteiger partial charge on any atom is -0.491 e. The number of anilines is 1. The van der Waals surface area contributed by atoms with Crippen LogP contribution in [0.15, 0.2) is 24.4 Å². The summed E-state index contributed by atoms with van der Waals surface area (Å²) in [5.41, 5.74) is 4.03. The minimum atomic E-state index is -0.503. The van der Waals surface area contributed by atoms with Gasteiger partial charge in [-0.25, -0.2) is 4.79 Å². The average molecular weight is 441 g/mol. The van der Waals surface area contributed by atoms with Gasteiger partial charge in [0.25, 0.3) is 0 Å². The van der Waals surface area contributed by atoms with Gasteiger partial charge < -0.3 is 19.3 Å². The predicted molar refractivity (Wildman–Crippen MR) is 126 cm³/mol. The molecule has 1 aromatic heterocycles. The van der Waals surface area contributed by atoms with E-state index >= 15 is 0 Å². The van der Waals surface area contributed by atoms with Crippen molar-refractivity contribution in [2.24, 2.45) is 0 Å². The van der Waals surface area contributed by atoms with Crippen molar-refractivity contribution in [3.63, 3.8) is 0 Å². The number of hydrogen-bond donors (Lipinski definition) is 0. The van der Waals surface area contributed by atoms with Crippen LogP contribution in [0, 0.1) is 0 Å². The largest absolute Gasteiger partial charge is 0.491 e. The summed E-state index contributed by atoms with van der Waals surface area (Å²) in [5, 5.41) is 4.97. The Morgan fingerprint density at radius 3 is 2.66 bits per heavy atom. The molecule has 1 amide bonds. The summed E-state index contributed by atoms with van der Waals surface area (Å²) in [5.74, 6) is 0.853. The molecule has 7 heteroatoms. The zero-order valence-corrected chi connectivity index (χ0v) is 20.2. The van der Waals surface area contributed by atoms with Crippen molar-refractivity contribution in [3.8, 4) is 17.0 Å². The van der Waals surface area contributed by atoms with E-state index in [1.165, 1.54) is 24.8 Å². The van der Waals surface area contributed by atoms with Crippen molar-refractivity contribution >= 4 is 11.8 Å². The first kappa shape index (κ1) is 22.5. The lowest BCUT2D eigenvalue weighted by Gasteiger charge is -2.33. The normalized spacial score (nSPS) is 15.8. The molecule has 32 heavy (non-hydrogen) atoms. The van der Waals surface area contributed by atoms with Gasteiger partial charge >= 0.3 is 6.09 Å². The number of hydrogen-bond acceptors (Lipinski definition) is 5. The summed E-state index contributed by atoms with van der Waals surface area (Å²) in [6.45, 7) is 11.8. The third kappa shape index (κ3) is 4.87. The molecule has 1 aliphatic heterocycles. The fourth-order valence-corrected chi connectivity index (χ4v) is 4.12. The molecule has 1 saturated carbocycles. The van der Waals surface area contributed by atoms with Crippen LogP contribution in [0.2, 0.25) is 0 Å². The second-order valence-electron chi connectivity index (χ2n) is 10.2. The van der Waals surface area contributed by atoms with E-state index in [2.05, 4.69) is 27.9 Å². The Balaban J connectivity index is 1.57. The summed E-state index contributed by atoms with van der Waals surface area (Å²) in [6, 6.07) is 6.78. The molecule has 2 heterocycles. The second-order valence-corrected chi connectivity index (χ2v) is 10.2. The highest BCUT2D eigenvalue weighted by atomic mass is 16.6. The molecular formula is C25H36N4O3. The first-order valence-corrected chi connectivity index (χ1v) is 11.7. The molecule has 0 radical (unpaired) electrons. The van der Waals surface area contributed by atoms with Crippen molar-refractivity contribution in [1.82, 2.24) is 14.7 Å². The molecule has 0 N–H and O–H groups in total. The van der Waals surface area contributed by atoms with Gasteiger partial charge in [-0.3, -0.25) is 4.68 Å². The van der Waals surface area contributed by atoms with Crippen molar-refractivity contribution < 1.29 is 14.3 Å². The number of likely N-dealkylation sites (N-methyl/N-ethyl adjacent to an activating group) is 1. The minimum absolute atomic E-state index is 0.108. The lowest BCUT2D eigenvalue weighted by Crippen LogP contribution is -2.39. The summed E-state index contributed by atoms with van der Waals surface area (Å²) in [4.78, 5) is 16.4. The smallest absolute Gasteiger partial charge is 0.410 e. The van der Waals surface area contributed by atoms with Crippen molar-refractivity contribution in [2.45, 2.75) is 78.2 Å². The van der Waals surface area contributed by atoms with Crippen LogP contribution in [0.3, 0.4) is 0 Å². The van der Waals surface area contributed by atoms with Crippen LogP contribution in [0.1, 0.15) is 65.5 Å². The Kier molecular flexibility index (Phi) is 6.10. The lowest BCUT2D eigenvalue weighted by molar-refractivity contribution is 0.0303. The number of rotatable bonds is 6. The summed E-state index contributed by atoms with van der Waals surface area (Å²) in [7, 11) is 1.79. The van der Waals surface area contributed by atoms with Gasteiger partial charge in [0.05, 0.1) is 23.5 Å². The number of aromatic nitrogens is 2. The van der Waals surface area contributed by atoms with E-state index in [0.717, 1.165) is 29.2 Å². The van der Waals surface area contributed by atoms with E-state index in [-0.39, 0.29) is 12.2 Å². The molecule has 0 saturated heterocycles.